The molecule has 0 aliphatic carbocycles. The van der Waals surface area contributed by atoms with E-state index < -0.39 is 12.5 Å². The zero-order valence-corrected chi connectivity index (χ0v) is 12.9. The lowest BCUT2D eigenvalue weighted by atomic mass is 10.2. The summed E-state index contributed by atoms with van der Waals surface area (Å²) >= 11 is 0. The summed E-state index contributed by atoms with van der Waals surface area (Å²) < 4.78 is 33.3. The molecule has 0 unspecified atom stereocenters. The molecule has 0 spiro atoms. The van der Waals surface area contributed by atoms with Gasteiger partial charge in [-0.25, -0.2) is 0 Å². The summed E-state index contributed by atoms with van der Waals surface area (Å²) in [6.07, 6.45) is 1.38. The molecule has 0 saturated heterocycles. The Morgan fingerprint density at radius 1 is 1.25 bits per heavy atom. The van der Waals surface area contributed by atoms with Crippen molar-refractivity contribution in [2.75, 3.05) is 13.6 Å². The van der Waals surface area contributed by atoms with Crippen LogP contribution in [0, 0.1) is 0 Å². The van der Waals surface area contributed by atoms with Gasteiger partial charge in [-0.2, -0.15) is 8.78 Å². The van der Waals surface area contributed by atoms with E-state index in [1.165, 1.54) is 36.4 Å². The van der Waals surface area contributed by atoms with Crippen molar-refractivity contribution in [2.45, 2.75) is 13.2 Å². The molecule has 1 N–H and O–H groups in total. The van der Waals surface area contributed by atoms with Crippen molar-refractivity contribution in [1.82, 2.24) is 10.2 Å². The van der Waals surface area contributed by atoms with E-state index in [0.717, 1.165) is 0 Å². The summed E-state index contributed by atoms with van der Waals surface area (Å²) in [6, 6.07) is 9.01. The van der Waals surface area contributed by atoms with Gasteiger partial charge in [0.1, 0.15) is 5.75 Å². The van der Waals surface area contributed by atoms with Gasteiger partial charge in [0, 0.05) is 13.6 Å². The smallest absolute Gasteiger partial charge is 0.387 e. The maximum absolute atomic E-state index is 12.0. The third-order valence-electron chi connectivity index (χ3n) is 3.10. The highest BCUT2D eigenvalue weighted by molar-refractivity contribution is 5.94. The number of nitrogens with one attached hydrogen (secondary N) is 1. The Hall–Kier alpha value is -2.90. The normalized spacial score (nSPS) is 10.5. The average molecular weight is 338 g/mol. The van der Waals surface area contributed by atoms with Crippen LogP contribution in [-0.2, 0) is 11.3 Å². The van der Waals surface area contributed by atoms with Crippen LogP contribution in [0.1, 0.15) is 16.1 Å². The highest BCUT2D eigenvalue weighted by Crippen LogP contribution is 2.14. The van der Waals surface area contributed by atoms with Crippen molar-refractivity contribution in [3.63, 3.8) is 0 Å². The molecule has 2 rings (SSSR count). The molecule has 6 nitrogen and oxygen atoms in total. The van der Waals surface area contributed by atoms with E-state index >= 15 is 0 Å². The van der Waals surface area contributed by atoms with Crippen molar-refractivity contribution in [3.05, 3.63) is 54.0 Å². The molecular weight excluding hydrogens is 322 g/mol. The molecular formula is C16H16F2N2O4. The number of ether oxygens (including phenoxy) is 1. The topological polar surface area (TPSA) is 71.8 Å². The van der Waals surface area contributed by atoms with Gasteiger partial charge in [0.15, 0.2) is 5.76 Å². The first kappa shape index (κ1) is 17.5. The second-order valence-corrected chi connectivity index (χ2v) is 4.94. The summed E-state index contributed by atoms with van der Waals surface area (Å²) in [5, 5.41) is 2.64. The number of hydrogen-bond donors (Lipinski definition) is 1. The maximum atomic E-state index is 12.0. The number of nitrogens with zero attached hydrogens (tertiary/aromatic N) is 1. The van der Waals surface area contributed by atoms with Gasteiger partial charge in [-0.1, -0.05) is 12.1 Å². The Morgan fingerprint density at radius 2 is 1.96 bits per heavy atom. The number of rotatable bonds is 7. The summed E-state index contributed by atoms with van der Waals surface area (Å²) in [5.74, 6) is -0.558. The van der Waals surface area contributed by atoms with Gasteiger partial charge >= 0.3 is 6.61 Å². The van der Waals surface area contributed by atoms with E-state index in [0.29, 0.717) is 5.56 Å². The molecule has 1 heterocycles. The molecule has 2 amide bonds. The largest absolute Gasteiger partial charge is 0.459 e. The number of benzene rings is 1. The van der Waals surface area contributed by atoms with E-state index in [2.05, 4.69) is 10.1 Å². The zero-order valence-electron chi connectivity index (χ0n) is 12.9. The van der Waals surface area contributed by atoms with Crippen molar-refractivity contribution in [3.8, 4) is 5.75 Å². The third-order valence-corrected chi connectivity index (χ3v) is 3.10. The molecule has 1 aromatic heterocycles. The zero-order chi connectivity index (χ0) is 17.5. The molecule has 128 valence electrons. The van der Waals surface area contributed by atoms with Crippen molar-refractivity contribution < 1.29 is 27.5 Å². The van der Waals surface area contributed by atoms with Crippen LogP contribution < -0.4 is 10.1 Å². The minimum Gasteiger partial charge on any atom is -0.459 e. The summed E-state index contributed by atoms with van der Waals surface area (Å²) in [5.41, 5.74) is 0.713. The van der Waals surface area contributed by atoms with E-state index in [9.17, 15) is 18.4 Å². The number of hydrogen-bond acceptors (Lipinski definition) is 4. The molecule has 0 radical (unpaired) electrons. The Kier molecular flexibility index (Phi) is 5.89. The summed E-state index contributed by atoms with van der Waals surface area (Å²) in [6.45, 7) is -2.80. The van der Waals surface area contributed by atoms with Crippen LogP contribution in [0.5, 0.6) is 5.75 Å². The molecule has 0 saturated carbocycles. The fourth-order valence-electron chi connectivity index (χ4n) is 1.92. The fraction of sp³-hybridized carbons (Fsp3) is 0.250. The Labute approximate surface area is 137 Å². The Bertz CT molecular complexity index is 672. The molecule has 8 heteroatoms. The number of furan rings is 1. The molecule has 2 aromatic rings. The van der Waals surface area contributed by atoms with Crippen molar-refractivity contribution in [1.29, 1.82) is 0 Å². The first-order valence-corrected chi connectivity index (χ1v) is 7.05. The van der Waals surface area contributed by atoms with Crippen molar-refractivity contribution in [2.24, 2.45) is 0 Å². The number of carbonyl (C=O) groups excluding carboxylic acids is 2. The first-order chi connectivity index (χ1) is 11.5. The second kappa shape index (κ2) is 8.09. The van der Waals surface area contributed by atoms with Gasteiger partial charge in [-0.3, -0.25) is 9.59 Å². The molecule has 1 aromatic carbocycles. The van der Waals surface area contributed by atoms with Gasteiger partial charge in [-0.05, 0) is 29.8 Å². The van der Waals surface area contributed by atoms with Crippen molar-refractivity contribution >= 4 is 11.8 Å². The van der Waals surface area contributed by atoms with Crippen LogP contribution in [0.2, 0.25) is 0 Å². The van der Waals surface area contributed by atoms with Gasteiger partial charge < -0.3 is 19.4 Å². The minimum absolute atomic E-state index is 0.0452. The fourth-order valence-corrected chi connectivity index (χ4v) is 1.92. The lowest BCUT2D eigenvalue weighted by Crippen LogP contribution is -2.38. The summed E-state index contributed by atoms with van der Waals surface area (Å²) in [4.78, 5) is 25.0. The standard InChI is InChI=1S/C16H16F2N2O4/c1-20(15(22)13-3-2-8-23-13)10-14(21)19-9-11-4-6-12(7-5-11)24-16(17)18/h2-8,16H,9-10H2,1H3,(H,19,21). The lowest BCUT2D eigenvalue weighted by Gasteiger charge is -2.15. The van der Waals surface area contributed by atoms with Crippen LogP contribution in [0.3, 0.4) is 0 Å². The van der Waals surface area contributed by atoms with Crippen LogP contribution in [0.4, 0.5) is 8.78 Å². The van der Waals surface area contributed by atoms with Gasteiger partial charge in [0.05, 0.1) is 12.8 Å². The highest BCUT2D eigenvalue weighted by Gasteiger charge is 2.16. The van der Waals surface area contributed by atoms with Crippen LogP contribution >= 0.6 is 0 Å². The molecule has 0 bridgehead atoms. The number of carbonyl (C=O) groups is 2. The van der Waals surface area contributed by atoms with Gasteiger partial charge in [0.25, 0.3) is 5.91 Å². The molecule has 0 aliphatic heterocycles. The van der Waals surface area contributed by atoms with E-state index in [1.807, 2.05) is 0 Å². The van der Waals surface area contributed by atoms with Crippen LogP contribution in [0.15, 0.2) is 47.1 Å². The quantitative estimate of drug-likeness (QED) is 0.841. The number of amides is 2. The van der Waals surface area contributed by atoms with Gasteiger partial charge in [-0.15, -0.1) is 0 Å². The van der Waals surface area contributed by atoms with Crippen LogP contribution in [-0.4, -0.2) is 36.9 Å². The summed E-state index contributed by atoms with van der Waals surface area (Å²) in [7, 11) is 1.49. The predicted octanol–water partition coefficient (Wildman–Crippen LogP) is 2.27. The maximum Gasteiger partial charge on any atom is 0.387 e. The third kappa shape index (κ3) is 5.08. The minimum atomic E-state index is -2.88. The van der Waals surface area contributed by atoms with E-state index in [-0.39, 0.29) is 30.5 Å². The highest BCUT2D eigenvalue weighted by atomic mass is 19.3. The number of likely N-dealkylation sites (N-methyl/N-ethyl adjacent to an activating group) is 1. The Balaban J connectivity index is 1.79. The van der Waals surface area contributed by atoms with Gasteiger partial charge in [0.2, 0.25) is 5.91 Å². The SMILES string of the molecule is CN(CC(=O)NCc1ccc(OC(F)F)cc1)C(=O)c1ccco1. The Morgan fingerprint density at radius 3 is 2.54 bits per heavy atom. The number of halogens is 2. The number of alkyl halides is 2. The molecule has 0 atom stereocenters. The molecule has 0 aliphatic rings. The van der Waals surface area contributed by atoms with E-state index in [4.69, 9.17) is 4.42 Å². The first-order valence-electron chi connectivity index (χ1n) is 7.05. The lowest BCUT2D eigenvalue weighted by molar-refractivity contribution is -0.121. The second-order valence-electron chi connectivity index (χ2n) is 4.94. The monoisotopic (exact) mass is 338 g/mol. The average Bonchev–Trinajstić information content (AvgIpc) is 3.07. The van der Waals surface area contributed by atoms with E-state index in [1.54, 1.807) is 18.2 Å². The predicted molar refractivity (Wildman–Crippen MR) is 80.6 cm³/mol. The van der Waals surface area contributed by atoms with Crippen LogP contribution in [0.25, 0.3) is 0 Å². The molecule has 24 heavy (non-hydrogen) atoms. The molecule has 0 fully saturated rings.